The second kappa shape index (κ2) is 8.74. The minimum Gasteiger partial charge on any atom is -0.431 e. The predicted octanol–water partition coefficient (Wildman–Crippen LogP) is 4.60. The smallest absolute Gasteiger partial charge is 0.416 e. The molecule has 0 saturated carbocycles. The molecule has 33 heavy (non-hydrogen) atoms. The van der Waals surface area contributed by atoms with Crippen LogP contribution in [-0.2, 0) is 22.3 Å². The molecule has 2 aliphatic rings. The molecule has 1 N–H and O–H groups in total. The first-order valence-electron chi connectivity index (χ1n) is 9.57. The van der Waals surface area contributed by atoms with Gasteiger partial charge in [0.2, 0.25) is 0 Å². The number of ether oxygens (including phenoxy) is 1. The van der Waals surface area contributed by atoms with E-state index < -0.39 is 29.5 Å². The summed E-state index contributed by atoms with van der Waals surface area (Å²) in [7, 11) is 0. The Labute approximate surface area is 189 Å². The molecule has 7 nitrogen and oxygen atoms in total. The highest BCUT2D eigenvalue weighted by molar-refractivity contribution is 6.31. The number of halogens is 5. The third-order valence-electron chi connectivity index (χ3n) is 4.95. The zero-order valence-electron chi connectivity index (χ0n) is 16.7. The first-order valence-corrected chi connectivity index (χ1v) is 9.95. The lowest BCUT2D eigenvalue weighted by Gasteiger charge is -2.23. The summed E-state index contributed by atoms with van der Waals surface area (Å²) in [6.07, 6.45) is -3.47. The molecular weight excluding hydrogens is 468 g/mol. The van der Waals surface area contributed by atoms with Gasteiger partial charge < -0.3 is 15.0 Å². The van der Waals surface area contributed by atoms with Crippen molar-refractivity contribution in [3.05, 3.63) is 76.4 Å². The molecule has 2 aromatic rings. The maximum Gasteiger partial charge on any atom is 0.416 e. The fourth-order valence-electron chi connectivity index (χ4n) is 3.34. The summed E-state index contributed by atoms with van der Waals surface area (Å²) in [5.74, 6) is -1.28. The number of urea groups is 1. The highest BCUT2D eigenvalue weighted by Gasteiger charge is 2.36. The van der Waals surface area contributed by atoms with Gasteiger partial charge in [-0.3, -0.25) is 9.69 Å². The van der Waals surface area contributed by atoms with Crippen LogP contribution in [0.15, 0.2) is 59.4 Å². The summed E-state index contributed by atoms with van der Waals surface area (Å²) in [5, 5.41) is 2.35. The van der Waals surface area contributed by atoms with E-state index in [-0.39, 0.29) is 47.6 Å². The van der Waals surface area contributed by atoms with Gasteiger partial charge in [0.05, 0.1) is 10.6 Å². The van der Waals surface area contributed by atoms with Crippen molar-refractivity contribution in [1.82, 2.24) is 9.80 Å². The zero-order valence-corrected chi connectivity index (χ0v) is 17.5. The lowest BCUT2D eigenvalue weighted by atomic mass is 10.1. The van der Waals surface area contributed by atoms with E-state index in [0.717, 1.165) is 23.3 Å². The number of amidine groups is 1. The number of hydrogen-bond donors (Lipinski definition) is 1. The number of fused-ring (bicyclic) bond motifs is 1. The number of rotatable bonds is 4. The van der Waals surface area contributed by atoms with Gasteiger partial charge in [0.25, 0.3) is 5.91 Å². The van der Waals surface area contributed by atoms with Crippen molar-refractivity contribution >= 4 is 35.2 Å². The number of carbonyl (C=O) groups excluding carboxylic acids is 2. The zero-order chi connectivity index (χ0) is 23.8. The number of alkyl halides is 3. The van der Waals surface area contributed by atoms with Crippen molar-refractivity contribution in [3.8, 4) is 0 Å². The van der Waals surface area contributed by atoms with Crippen LogP contribution in [0.5, 0.6) is 0 Å². The summed E-state index contributed by atoms with van der Waals surface area (Å²) >= 11 is 5.72. The Bertz CT molecular complexity index is 1180. The number of benzene rings is 2. The van der Waals surface area contributed by atoms with Gasteiger partial charge in [-0.15, -0.1) is 4.99 Å². The predicted molar refractivity (Wildman–Crippen MR) is 111 cm³/mol. The van der Waals surface area contributed by atoms with Crippen LogP contribution < -0.4 is 5.32 Å². The Morgan fingerprint density at radius 1 is 1.18 bits per heavy atom. The average molecular weight is 483 g/mol. The molecule has 12 heteroatoms. The maximum absolute atomic E-state index is 13.3. The van der Waals surface area contributed by atoms with Crippen LogP contribution in [0.2, 0.25) is 5.02 Å². The second-order valence-electron chi connectivity index (χ2n) is 7.11. The van der Waals surface area contributed by atoms with Crippen LogP contribution >= 0.6 is 11.6 Å². The highest BCUT2D eigenvalue weighted by atomic mass is 35.5. The van der Waals surface area contributed by atoms with Crippen LogP contribution in [0, 0.1) is 5.82 Å². The van der Waals surface area contributed by atoms with Crippen molar-refractivity contribution in [2.24, 2.45) is 4.99 Å². The molecule has 0 bridgehead atoms. The van der Waals surface area contributed by atoms with E-state index in [1.165, 1.54) is 35.2 Å². The number of carbonyl (C=O) groups is 2. The molecular formula is C21H15ClF4N4O3. The summed E-state index contributed by atoms with van der Waals surface area (Å²) in [5.41, 5.74) is -0.680. The molecule has 3 amide bonds. The number of aliphatic imine (C=N–C) groups is 1. The lowest BCUT2D eigenvalue weighted by Crippen LogP contribution is -2.36. The van der Waals surface area contributed by atoms with E-state index in [1.54, 1.807) is 0 Å². The van der Waals surface area contributed by atoms with Crippen LogP contribution in [-0.4, -0.2) is 40.8 Å². The molecule has 2 heterocycles. The summed E-state index contributed by atoms with van der Waals surface area (Å²) < 4.78 is 58.4. The third kappa shape index (κ3) is 4.77. The van der Waals surface area contributed by atoms with E-state index in [0.29, 0.717) is 0 Å². The molecule has 0 unspecified atom stereocenters. The van der Waals surface area contributed by atoms with Crippen LogP contribution in [0.4, 0.5) is 28.0 Å². The van der Waals surface area contributed by atoms with E-state index >= 15 is 0 Å². The van der Waals surface area contributed by atoms with Crippen molar-refractivity contribution in [2.75, 3.05) is 18.4 Å². The van der Waals surface area contributed by atoms with E-state index in [9.17, 15) is 27.2 Å². The normalized spacial score (nSPS) is 16.0. The lowest BCUT2D eigenvalue weighted by molar-refractivity contribution is -0.138. The van der Waals surface area contributed by atoms with Crippen LogP contribution in [0.3, 0.4) is 0 Å². The molecule has 2 aliphatic heterocycles. The van der Waals surface area contributed by atoms with Gasteiger partial charge in [-0.05, 0) is 29.8 Å². The van der Waals surface area contributed by atoms with Crippen molar-refractivity contribution in [1.29, 1.82) is 0 Å². The molecule has 4 rings (SSSR count). The van der Waals surface area contributed by atoms with Gasteiger partial charge >= 0.3 is 18.2 Å². The Kier molecular flexibility index (Phi) is 5.98. The third-order valence-corrected chi connectivity index (χ3v) is 5.24. The molecule has 0 aromatic heterocycles. The van der Waals surface area contributed by atoms with E-state index in [4.69, 9.17) is 16.3 Å². The first-order chi connectivity index (χ1) is 15.6. The van der Waals surface area contributed by atoms with E-state index in [1.807, 2.05) is 0 Å². The standard InChI is InChI=1S/C21H15ClF4N4O3/c22-15-9-13(5-6-16(15)23)27-18(31)17-11-33-20-28-19(32)29(7-8-30(17)20)10-12-3-1-2-4-14(12)21(24,25)26/h1-6,9,11H,7-8,10H2,(H,27,31). The largest absolute Gasteiger partial charge is 0.431 e. The summed E-state index contributed by atoms with van der Waals surface area (Å²) in [6.45, 7) is -0.297. The fourth-order valence-corrected chi connectivity index (χ4v) is 3.52. The molecule has 2 aromatic carbocycles. The molecule has 0 aliphatic carbocycles. The highest BCUT2D eigenvalue weighted by Crippen LogP contribution is 2.33. The summed E-state index contributed by atoms with van der Waals surface area (Å²) in [4.78, 5) is 31.5. The van der Waals surface area contributed by atoms with Crippen LogP contribution in [0.1, 0.15) is 11.1 Å². The molecule has 0 radical (unpaired) electrons. The quantitative estimate of drug-likeness (QED) is 0.646. The van der Waals surface area contributed by atoms with E-state index in [2.05, 4.69) is 10.3 Å². The van der Waals surface area contributed by atoms with Gasteiger partial charge in [0.1, 0.15) is 17.8 Å². The number of amides is 3. The second-order valence-corrected chi connectivity index (χ2v) is 7.52. The Morgan fingerprint density at radius 2 is 1.94 bits per heavy atom. The monoisotopic (exact) mass is 482 g/mol. The fraction of sp³-hybridized carbons (Fsp3) is 0.190. The van der Waals surface area contributed by atoms with Gasteiger partial charge in [-0.25, -0.2) is 9.18 Å². The van der Waals surface area contributed by atoms with Crippen molar-refractivity contribution < 1.29 is 31.9 Å². The molecule has 172 valence electrons. The minimum atomic E-state index is -4.57. The SMILES string of the molecule is O=C(Nc1ccc(F)c(Cl)c1)C1=COC2=NC(=O)N(Cc3ccccc3C(F)(F)F)CCN12. The topological polar surface area (TPSA) is 74.2 Å². The van der Waals surface area contributed by atoms with Gasteiger partial charge in [0.15, 0.2) is 0 Å². The molecule has 0 atom stereocenters. The van der Waals surface area contributed by atoms with Crippen molar-refractivity contribution in [3.63, 3.8) is 0 Å². The van der Waals surface area contributed by atoms with Gasteiger partial charge in [-0.1, -0.05) is 29.8 Å². The van der Waals surface area contributed by atoms with Crippen molar-refractivity contribution in [2.45, 2.75) is 12.7 Å². The van der Waals surface area contributed by atoms with Gasteiger partial charge in [-0.2, -0.15) is 13.2 Å². The Balaban J connectivity index is 1.48. The number of hydrogen-bond acceptors (Lipinski definition) is 4. The minimum absolute atomic E-state index is 0.0135. The molecule has 0 saturated heterocycles. The average Bonchev–Trinajstić information content (AvgIpc) is 3.08. The number of anilines is 1. The maximum atomic E-state index is 13.3. The Hall–Kier alpha value is -3.60. The first kappa shape index (κ1) is 22.6. The van der Waals surface area contributed by atoms with Gasteiger partial charge in [0, 0.05) is 25.3 Å². The summed E-state index contributed by atoms with van der Waals surface area (Å²) in [6, 6.07) is 7.61. The Morgan fingerprint density at radius 3 is 2.67 bits per heavy atom. The number of nitrogens with one attached hydrogen (secondary N) is 1. The molecule has 0 fully saturated rings. The van der Waals surface area contributed by atoms with Crippen LogP contribution in [0.25, 0.3) is 0 Å². The number of nitrogens with zero attached hydrogens (tertiary/aromatic N) is 3. The molecule has 0 spiro atoms.